The minimum absolute atomic E-state index is 0.354. The number of halogens is 3. The molecule has 0 saturated carbocycles. The van der Waals surface area contributed by atoms with E-state index in [-0.39, 0.29) is 0 Å². The molecule has 0 amide bonds. The Morgan fingerprint density at radius 3 is 2.33 bits per heavy atom. The number of benzene rings is 1. The van der Waals surface area contributed by atoms with Gasteiger partial charge in [-0.1, -0.05) is 30.3 Å². The van der Waals surface area contributed by atoms with Crippen LogP contribution in [-0.2, 0) is 11.2 Å². The van der Waals surface area contributed by atoms with Gasteiger partial charge >= 0.3 is 6.18 Å². The zero-order chi connectivity index (χ0) is 13.0. The first-order valence-corrected chi connectivity index (χ1v) is 5.74. The van der Waals surface area contributed by atoms with E-state index in [1.54, 1.807) is 6.08 Å². The third kappa shape index (κ3) is 3.39. The van der Waals surface area contributed by atoms with Gasteiger partial charge in [-0.2, -0.15) is 13.2 Å². The fourth-order valence-corrected chi connectivity index (χ4v) is 1.76. The van der Waals surface area contributed by atoms with Crippen LogP contribution in [0.4, 0.5) is 13.2 Å². The van der Waals surface area contributed by atoms with E-state index in [4.69, 9.17) is 4.74 Å². The van der Waals surface area contributed by atoms with Gasteiger partial charge in [0.2, 0.25) is 5.76 Å². The second-order valence-electron chi connectivity index (χ2n) is 4.08. The summed E-state index contributed by atoms with van der Waals surface area (Å²) in [4.78, 5) is 0. The van der Waals surface area contributed by atoms with Gasteiger partial charge in [0.05, 0.1) is 0 Å². The summed E-state index contributed by atoms with van der Waals surface area (Å²) in [5.74, 6) is -0.538. The van der Waals surface area contributed by atoms with Crippen molar-refractivity contribution in [3.8, 4) is 0 Å². The molecule has 1 aliphatic heterocycles. The minimum atomic E-state index is -4.42. The third-order valence-corrected chi connectivity index (χ3v) is 2.61. The van der Waals surface area contributed by atoms with Crippen molar-refractivity contribution in [1.29, 1.82) is 0 Å². The van der Waals surface area contributed by atoms with E-state index < -0.39 is 11.9 Å². The summed E-state index contributed by atoms with van der Waals surface area (Å²) < 4.78 is 42.8. The molecule has 0 unspecified atom stereocenters. The average Bonchev–Trinajstić information content (AvgIpc) is 2.55. The molecule has 0 aliphatic carbocycles. The molecule has 1 aromatic carbocycles. The molecule has 1 nitrogen and oxygen atoms in total. The predicted molar refractivity (Wildman–Crippen MR) is 62.7 cm³/mol. The predicted octanol–water partition coefficient (Wildman–Crippen LogP) is 4.37. The molecular formula is C14H13F3O. The van der Waals surface area contributed by atoms with Crippen LogP contribution < -0.4 is 0 Å². The summed E-state index contributed by atoms with van der Waals surface area (Å²) >= 11 is 0. The molecule has 0 radical (unpaired) electrons. The first-order chi connectivity index (χ1) is 8.55. The van der Waals surface area contributed by atoms with Crippen molar-refractivity contribution in [3.05, 3.63) is 59.6 Å². The molecule has 96 valence electrons. The van der Waals surface area contributed by atoms with Crippen LogP contribution >= 0.6 is 0 Å². The van der Waals surface area contributed by atoms with Gasteiger partial charge in [0.15, 0.2) is 0 Å². The molecule has 4 heteroatoms. The van der Waals surface area contributed by atoms with Gasteiger partial charge in [-0.3, -0.25) is 0 Å². The van der Waals surface area contributed by atoms with Gasteiger partial charge < -0.3 is 4.74 Å². The topological polar surface area (TPSA) is 9.23 Å². The molecule has 0 atom stereocenters. The van der Waals surface area contributed by atoms with Gasteiger partial charge in [-0.05, 0) is 30.6 Å². The van der Waals surface area contributed by atoms with Crippen molar-refractivity contribution in [2.75, 3.05) is 0 Å². The van der Waals surface area contributed by atoms with Crippen LogP contribution in [0, 0.1) is 0 Å². The highest BCUT2D eigenvalue weighted by molar-refractivity contribution is 5.21. The molecule has 1 aromatic rings. The molecular weight excluding hydrogens is 241 g/mol. The molecule has 0 aromatic heterocycles. The molecule has 0 saturated heterocycles. The minimum Gasteiger partial charge on any atom is -0.457 e. The Balaban J connectivity index is 2.10. The largest absolute Gasteiger partial charge is 0.457 e. The fraction of sp³-hybridized carbons (Fsp3) is 0.286. The first-order valence-electron chi connectivity index (χ1n) is 5.74. The van der Waals surface area contributed by atoms with Crippen LogP contribution in [0.1, 0.15) is 18.4 Å². The Morgan fingerprint density at radius 2 is 1.67 bits per heavy atom. The lowest BCUT2D eigenvalue weighted by atomic mass is 10.1. The zero-order valence-corrected chi connectivity index (χ0v) is 9.70. The van der Waals surface area contributed by atoms with Crippen molar-refractivity contribution < 1.29 is 17.9 Å². The summed E-state index contributed by atoms with van der Waals surface area (Å²) in [5, 5.41) is 0. The van der Waals surface area contributed by atoms with Gasteiger partial charge in [0, 0.05) is 6.42 Å². The van der Waals surface area contributed by atoms with Gasteiger partial charge in [0.25, 0.3) is 0 Å². The van der Waals surface area contributed by atoms with Crippen LogP contribution in [-0.4, -0.2) is 6.18 Å². The van der Waals surface area contributed by atoms with Gasteiger partial charge in [-0.15, -0.1) is 0 Å². The summed E-state index contributed by atoms with van der Waals surface area (Å²) in [6, 6.07) is 9.31. The maximum atomic E-state index is 12.6. The summed E-state index contributed by atoms with van der Waals surface area (Å²) in [6.45, 7) is 0. The van der Waals surface area contributed by atoms with Gasteiger partial charge in [0.1, 0.15) is 5.76 Å². The number of allylic oxidation sites excluding steroid dienone is 4. The number of alkyl halides is 3. The lowest BCUT2D eigenvalue weighted by Crippen LogP contribution is -2.14. The zero-order valence-electron chi connectivity index (χ0n) is 9.70. The summed E-state index contributed by atoms with van der Waals surface area (Å²) in [7, 11) is 0. The van der Waals surface area contributed by atoms with E-state index in [0.717, 1.165) is 11.6 Å². The fourth-order valence-electron chi connectivity index (χ4n) is 1.76. The molecule has 0 N–H and O–H groups in total. The molecule has 18 heavy (non-hydrogen) atoms. The van der Waals surface area contributed by atoms with E-state index in [1.807, 2.05) is 30.3 Å². The lowest BCUT2D eigenvalue weighted by molar-refractivity contribution is -0.124. The van der Waals surface area contributed by atoms with E-state index >= 15 is 0 Å². The van der Waals surface area contributed by atoms with Crippen LogP contribution in [0.25, 0.3) is 0 Å². The third-order valence-electron chi connectivity index (χ3n) is 2.61. The van der Waals surface area contributed by atoms with E-state index in [1.165, 1.54) is 0 Å². The highest BCUT2D eigenvalue weighted by atomic mass is 19.4. The Hall–Kier alpha value is -1.71. The highest BCUT2D eigenvalue weighted by Gasteiger charge is 2.36. The summed E-state index contributed by atoms with van der Waals surface area (Å²) in [5.41, 5.74) is 0.937. The highest BCUT2D eigenvalue weighted by Crippen LogP contribution is 2.31. The molecule has 0 fully saturated rings. The Kier molecular flexibility index (Phi) is 3.75. The maximum Gasteiger partial charge on any atom is 0.449 e. The molecule has 2 rings (SSSR count). The standard InChI is InChI=1S/C14H13F3O/c15-14(16,17)13-9-5-4-8-12(18-13)10-11-6-2-1-3-7-11/h1-3,6-9H,4-5,10H2. The van der Waals surface area contributed by atoms with Crippen molar-refractivity contribution in [3.63, 3.8) is 0 Å². The number of rotatable bonds is 2. The second kappa shape index (κ2) is 5.29. The number of hydrogen-bond acceptors (Lipinski definition) is 1. The van der Waals surface area contributed by atoms with Crippen LogP contribution in [0.3, 0.4) is 0 Å². The van der Waals surface area contributed by atoms with Crippen LogP contribution in [0.2, 0.25) is 0 Å². The van der Waals surface area contributed by atoms with Crippen LogP contribution in [0.15, 0.2) is 54.0 Å². The van der Waals surface area contributed by atoms with Crippen molar-refractivity contribution in [2.45, 2.75) is 25.4 Å². The van der Waals surface area contributed by atoms with E-state index in [2.05, 4.69) is 0 Å². The van der Waals surface area contributed by atoms with E-state index in [9.17, 15) is 13.2 Å². The Labute approximate surface area is 104 Å². The van der Waals surface area contributed by atoms with Crippen molar-refractivity contribution in [2.24, 2.45) is 0 Å². The van der Waals surface area contributed by atoms with E-state index in [0.29, 0.717) is 25.0 Å². The molecule has 0 bridgehead atoms. The molecule has 1 aliphatic rings. The second-order valence-corrected chi connectivity index (χ2v) is 4.08. The Bertz CT molecular complexity index is 458. The number of ether oxygens (including phenoxy) is 1. The normalized spacial score (nSPS) is 16.4. The monoisotopic (exact) mass is 254 g/mol. The molecule has 0 spiro atoms. The summed E-state index contributed by atoms with van der Waals surface area (Å²) in [6.07, 6.45) is -0.278. The quantitative estimate of drug-likeness (QED) is 0.761. The Morgan fingerprint density at radius 1 is 1.00 bits per heavy atom. The number of hydrogen-bond donors (Lipinski definition) is 0. The van der Waals surface area contributed by atoms with Crippen molar-refractivity contribution in [1.82, 2.24) is 0 Å². The van der Waals surface area contributed by atoms with Gasteiger partial charge in [-0.25, -0.2) is 0 Å². The molecule has 1 heterocycles. The van der Waals surface area contributed by atoms with Crippen LogP contribution in [0.5, 0.6) is 0 Å². The maximum absolute atomic E-state index is 12.6. The van der Waals surface area contributed by atoms with Crippen molar-refractivity contribution >= 4 is 0 Å². The SMILES string of the molecule is FC(F)(F)C1=CCCC=C(Cc2ccccc2)O1. The lowest BCUT2D eigenvalue weighted by Gasteiger charge is -2.14. The average molecular weight is 254 g/mol. The smallest absolute Gasteiger partial charge is 0.449 e. The first kappa shape index (κ1) is 12.7.